The van der Waals surface area contributed by atoms with Crippen molar-refractivity contribution < 1.29 is 9.53 Å². The Morgan fingerprint density at radius 2 is 2.09 bits per heavy atom. The van der Waals surface area contributed by atoms with Gasteiger partial charge in [0.2, 0.25) is 0 Å². The van der Waals surface area contributed by atoms with Gasteiger partial charge in [-0.3, -0.25) is 9.20 Å². The second-order valence-corrected chi connectivity index (χ2v) is 9.74. The summed E-state index contributed by atoms with van der Waals surface area (Å²) in [4.78, 5) is 20.8. The van der Waals surface area contributed by atoms with Gasteiger partial charge in [0, 0.05) is 25.7 Å². The van der Waals surface area contributed by atoms with Crippen LogP contribution in [0.15, 0.2) is 52.4 Å². The van der Waals surface area contributed by atoms with Crippen molar-refractivity contribution in [3.63, 3.8) is 0 Å². The molecule has 2 aromatic heterocycles. The molecule has 34 heavy (non-hydrogen) atoms. The second kappa shape index (κ2) is 9.92. The van der Waals surface area contributed by atoms with Crippen molar-refractivity contribution in [2.24, 2.45) is 0 Å². The number of ether oxygens (including phenoxy) is 1. The van der Waals surface area contributed by atoms with Crippen molar-refractivity contribution in [1.29, 1.82) is 5.26 Å². The molecular formula is C26H27N5O2S. The van der Waals surface area contributed by atoms with Crippen LogP contribution in [0.3, 0.4) is 0 Å². The normalized spacial score (nSPS) is 16.2. The highest BCUT2D eigenvalue weighted by Crippen LogP contribution is 2.35. The molecule has 7 nitrogen and oxygen atoms in total. The van der Waals surface area contributed by atoms with Gasteiger partial charge in [0.25, 0.3) is 5.91 Å². The topological polar surface area (TPSA) is 82.7 Å². The Hall–Kier alpha value is -3.28. The number of likely N-dealkylation sites (tertiary alicyclic amines) is 1. The Kier molecular flexibility index (Phi) is 6.57. The number of carbonyl (C=O) groups excluding carboxylic acids is 1. The first-order valence-electron chi connectivity index (χ1n) is 11.6. The van der Waals surface area contributed by atoms with E-state index in [1.807, 2.05) is 43.3 Å². The zero-order valence-electron chi connectivity index (χ0n) is 19.2. The van der Waals surface area contributed by atoms with Gasteiger partial charge >= 0.3 is 0 Å². The lowest BCUT2D eigenvalue weighted by atomic mass is 10.0. The third kappa shape index (κ3) is 4.81. The third-order valence-electron chi connectivity index (χ3n) is 6.31. The zero-order valence-corrected chi connectivity index (χ0v) is 20.0. The Balaban J connectivity index is 1.08. The monoisotopic (exact) mass is 473 g/mol. The van der Waals surface area contributed by atoms with Crippen molar-refractivity contribution in [1.82, 2.24) is 19.6 Å². The van der Waals surface area contributed by atoms with E-state index in [1.54, 1.807) is 12.1 Å². The number of benzene rings is 1. The zero-order chi connectivity index (χ0) is 23.5. The predicted octanol–water partition coefficient (Wildman–Crippen LogP) is 4.01. The molecule has 0 bridgehead atoms. The number of carbonyl (C=O) groups is 1. The van der Waals surface area contributed by atoms with E-state index in [-0.39, 0.29) is 11.9 Å². The molecule has 0 aliphatic carbocycles. The number of piperidine rings is 1. The smallest absolute Gasteiger partial charge is 0.258 e. The molecule has 0 unspecified atom stereocenters. The van der Waals surface area contributed by atoms with E-state index < -0.39 is 0 Å². The van der Waals surface area contributed by atoms with E-state index in [1.165, 1.54) is 11.8 Å². The van der Waals surface area contributed by atoms with Crippen LogP contribution in [0.4, 0.5) is 0 Å². The number of aryl methyl sites for hydroxylation is 1. The molecule has 0 atom stereocenters. The van der Waals surface area contributed by atoms with Crippen LogP contribution in [-0.4, -0.2) is 52.5 Å². The number of rotatable bonds is 7. The summed E-state index contributed by atoms with van der Waals surface area (Å²) < 4.78 is 7.89. The highest BCUT2D eigenvalue weighted by atomic mass is 32.2. The summed E-state index contributed by atoms with van der Waals surface area (Å²) in [5.41, 5.74) is 3.46. The predicted molar refractivity (Wildman–Crippen MR) is 133 cm³/mol. The van der Waals surface area contributed by atoms with Crippen molar-refractivity contribution in [3.05, 3.63) is 64.3 Å². The number of hydrogen-bond acceptors (Lipinski definition) is 6. The largest absolute Gasteiger partial charge is 0.494 e. The maximum absolute atomic E-state index is 13.0. The van der Waals surface area contributed by atoms with Crippen LogP contribution in [0.5, 0.6) is 5.75 Å². The van der Waals surface area contributed by atoms with Crippen LogP contribution < -0.4 is 10.1 Å². The number of nitriles is 1. The Bertz CT molecular complexity index is 1280. The maximum Gasteiger partial charge on any atom is 0.258 e. The molecule has 1 amide bonds. The van der Waals surface area contributed by atoms with Gasteiger partial charge in [-0.25, -0.2) is 4.98 Å². The van der Waals surface area contributed by atoms with Crippen molar-refractivity contribution >= 4 is 29.4 Å². The molecule has 0 spiro atoms. The lowest BCUT2D eigenvalue weighted by Crippen LogP contribution is -2.45. The fourth-order valence-electron chi connectivity index (χ4n) is 4.52. The second-order valence-electron chi connectivity index (χ2n) is 8.68. The fourth-order valence-corrected chi connectivity index (χ4v) is 5.49. The quantitative estimate of drug-likeness (QED) is 0.522. The van der Waals surface area contributed by atoms with E-state index >= 15 is 0 Å². The van der Waals surface area contributed by atoms with Crippen LogP contribution in [-0.2, 0) is 4.79 Å². The Morgan fingerprint density at radius 3 is 2.91 bits per heavy atom. The van der Waals surface area contributed by atoms with E-state index in [0.717, 1.165) is 71.6 Å². The van der Waals surface area contributed by atoms with E-state index in [0.29, 0.717) is 12.2 Å². The van der Waals surface area contributed by atoms with E-state index in [4.69, 9.17) is 10.00 Å². The van der Waals surface area contributed by atoms with E-state index in [2.05, 4.69) is 25.7 Å². The molecule has 1 saturated heterocycles. The number of nitrogens with zero attached hydrogens (tertiary/aromatic N) is 4. The van der Waals surface area contributed by atoms with Crippen molar-refractivity contribution in [2.75, 3.05) is 26.2 Å². The van der Waals surface area contributed by atoms with Crippen LogP contribution in [0, 0.1) is 18.3 Å². The van der Waals surface area contributed by atoms with Gasteiger partial charge in [0.05, 0.1) is 39.6 Å². The van der Waals surface area contributed by atoms with Gasteiger partial charge in [-0.15, -0.1) is 0 Å². The van der Waals surface area contributed by atoms with Crippen LogP contribution >= 0.6 is 11.8 Å². The number of aromatic nitrogens is 2. The van der Waals surface area contributed by atoms with Crippen LogP contribution in [0.25, 0.3) is 11.7 Å². The Labute approximate surface area is 203 Å². The molecule has 5 rings (SSSR count). The first-order chi connectivity index (χ1) is 16.6. The van der Waals surface area contributed by atoms with Gasteiger partial charge in [0.1, 0.15) is 11.4 Å². The van der Waals surface area contributed by atoms with Crippen molar-refractivity contribution in [2.45, 2.75) is 37.3 Å². The minimum atomic E-state index is 0.000280. The summed E-state index contributed by atoms with van der Waals surface area (Å²) in [6.45, 7) is 5.50. The molecule has 0 saturated carbocycles. The third-order valence-corrected chi connectivity index (χ3v) is 7.36. The molecule has 0 radical (unpaired) electrons. The molecular weight excluding hydrogens is 446 g/mol. The highest BCUT2D eigenvalue weighted by molar-refractivity contribution is 8.04. The Morgan fingerprint density at radius 1 is 1.26 bits per heavy atom. The highest BCUT2D eigenvalue weighted by Gasteiger charge is 2.25. The van der Waals surface area contributed by atoms with Gasteiger partial charge in [-0.1, -0.05) is 23.9 Å². The first-order valence-corrected chi connectivity index (χ1v) is 12.5. The van der Waals surface area contributed by atoms with Gasteiger partial charge in [-0.05, 0) is 62.6 Å². The number of thioether (sulfide) groups is 1. The standard InChI is InChI=1S/C26H27N5O2S/c1-18-22-16-23(34-25-8-3-7-24(28-18)31(22)25)26(32)29-20-9-12-30(13-10-20)11-4-14-33-21-6-2-5-19(15-21)17-27/h2-3,5-8,15-16,20H,4,9-14H2,1H3,(H,29,32). The van der Waals surface area contributed by atoms with E-state index in [9.17, 15) is 4.79 Å². The molecule has 2 aliphatic heterocycles. The molecule has 3 aromatic rings. The summed E-state index contributed by atoms with van der Waals surface area (Å²) in [6, 6.07) is 15.6. The maximum atomic E-state index is 13.0. The SMILES string of the molecule is Cc1nc2cccc3n2c1C=C(C(=O)NC1CCN(CCCOc2cccc(C#N)c2)CC1)S3. The van der Waals surface area contributed by atoms with Crippen LogP contribution in [0.1, 0.15) is 36.2 Å². The molecule has 4 heterocycles. The number of pyridine rings is 1. The molecule has 8 heteroatoms. The molecule has 174 valence electrons. The average Bonchev–Trinajstić information content (AvgIpc) is 3.19. The number of imidazole rings is 1. The number of amides is 1. The average molecular weight is 474 g/mol. The summed E-state index contributed by atoms with van der Waals surface area (Å²) in [5, 5.41) is 13.3. The molecule has 2 aliphatic rings. The van der Waals surface area contributed by atoms with Gasteiger partial charge < -0.3 is 15.0 Å². The van der Waals surface area contributed by atoms with Crippen LogP contribution in [0.2, 0.25) is 0 Å². The number of nitrogens with one attached hydrogen (secondary N) is 1. The van der Waals surface area contributed by atoms with Gasteiger partial charge in [0.15, 0.2) is 0 Å². The lowest BCUT2D eigenvalue weighted by molar-refractivity contribution is -0.117. The summed E-state index contributed by atoms with van der Waals surface area (Å²) in [6.07, 6.45) is 4.78. The summed E-state index contributed by atoms with van der Waals surface area (Å²) >= 11 is 1.50. The lowest BCUT2D eigenvalue weighted by Gasteiger charge is -2.32. The first kappa shape index (κ1) is 22.5. The fraction of sp³-hybridized carbons (Fsp3) is 0.346. The minimum Gasteiger partial charge on any atom is -0.494 e. The molecule has 1 fully saturated rings. The minimum absolute atomic E-state index is 0.000280. The summed E-state index contributed by atoms with van der Waals surface area (Å²) in [5.74, 6) is 0.741. The number of hydrogen-bond donors (Lipinski definition) is 1. The van der Waals surface area contributed by atoms with Crippen molar-refractivity contribution in [3.8, 4) is 11.8 Å². The molecule has 1 aromatic carbocycles. The van der Waals surface area contributed by atoms with Gasteiger partial charge in [-0.2, -0.15) is 5.26 Å². The molecule has 1 N–H and O–H groups in total. The summed E-state index contributed by atoms with van der Waals surface area (Å²) in [7, 11) is 0.